The summed E-state index contributed by atoms with van der Waals surface area (Å²) in [6.07, 6.45) is 5.92. The third-order valence-electron chi connectivity index (χ3n) is 4.31. The molecule has 1 aliphatic heterocycles. The number of hydrogen-bond acceptors (Lipinski definition) is 4. The number of ether oxygens (including phenoxy) is 1. The molecule has 1 aromatic rings. The molecule has 5 heteroatoms. The van der Waals surface area contributed by atoms with Gasteiger partial charge in [0.05, 0.1) is 29.7 Å². The summed E-state index contributed by atoms with van der Waals surface area (Å²) in [5.74, 6) is -1.19. The highest BCUT2D eigenvalue weighted by molar-refractivity contribution is 6.22. The molecule has 0 bridgehead atoms. The van der Waals surface area contributed by atoms with E-state index in [9.17, 15) is 14.4 Å². The highest BCUT2D eigenvalue weighted by atomic mass is 16.5. The Morgan fingerprint density at radius 1 is 1.09 bits per heavy atom. The fourth-order valence-corrected chi connectivity index (χ4v) is 3.08. The van der Waals surface area contributed by atoms with E-state index >= 15 is 0 Å². The van der Waals surface area contributed by atoms with Crippen LogP contribution in [-0.4, -0.2) is 24.4 Å². The van der Waals surface area contributed by atoms with Crippen molar-refractivity contribution in [2.24, 2.45) is 11.8 Å². The Morgan fingerprint density at radius 2 is 1.65 bits per heavy atom. The zero-order valence-corrected chi connectivity index (χ0v) is 13.0. The van der Waals surface area contributed by atoms with E-state index in [0.29, 0.717) is 30.7 Å². The molecule has 23 heavy (non-hydrogen) atoms. The fourth-order valence-electron chi connectivity index (χ4n) is 3.08. The zero-order valence-electron chi connectivity index (χ0n) is 13.0. The molecule has 2 atom stereocenters. The van der Waals surface area contributed by atoms with E-state index in [1.807, 2.05) is 19.1 Å². The van der Waals surface area contributed by atoms with E-state index in [2.05, 4.69) is 0 Å². The Morgan fingerprint density at radius 3 is 2.17 bits per heavy atom. The molecular weight excluding hydrogens is 294 g/mol. The van der Waals surface area contributed by atoms with Crippen LogP contribution in [0, 0.1) is 11.8 Å². The summed E-state index contributed by atoms with van der Waals surface area (Å²) in [5, 5.41) is 0. The molecule has 1 fully saturated rings. The molecule has 1 saturated heterocycles. The summed E-state index contributed by atoms with van der Waals surface area (Å²) in [6.45, 7) is 2.30. The Balaban J connectivity index is 1.78. The van der Waals surface area contributed by atoms with E-state index in [1.54, 1.807) is 24.3 Å². The number of allylic oxidation sites excluding steroid dienone is 2. The van der Waals surface area contributed by atoms with Crippen molar-refractivity contribution >= 4 is 23.5 Å². The van der Waals surface area contributed by atoms with Crippen LogP contribution in [0.4, 0.5) is 5.69 Å². The van der Waals surface area contributed by atoms with Crippen LogP contribution in [-0.2, 0) is 14.3 Å². The van der Waals surface area contributed by atoms with E-state index in [4.69, 9.17) is 4.74 Å². The van der Waals surface area contributed by atoms with Gasteiger partial charge in [-0.25, -0.2) is 4.79 Å². The highest BCUT2D eigenvalue weighted by Crippen LogP contribution is 2.37. The molecule has 2 amide bonds. The monoisotopic (exact) mass is 313 g/mol. The first kappa shape index (κ1) is 15.5. The number of amides is 2. The number of hydrogen-bond donors (Lipinski definition) is 0. The highest BCUT2D eigenvalue weighted by Gasteiger charge is 2.47. The van der Waals surface area contributed by atoms with Crippen LogP contribution in [0.3, 0.4) is 0 Å². The number of carbonyl (C=O) groups excluding carboxylic acids is 3. The standard InChI is InChI=1S/C18H19NO4/c1-2-11-23-18(22)12-7-9-13(10-8-12)19-16(20)14-5-3-4-6-15(14)17(19)21/h3-4,7-10,14-15H,2,5-6,11H2,1H3/t14-,15+. The molecule has 1 aliphatic carbocycles. The van der Waals surface area contributed by atoms with Gasteiger partial charge in [0.25, 0.3) is 0 Å². The molecule has 0 saturated carbocycles. The van der Waals surface area contributed by atoms with Gasteiger partial charge in [-0.05, 0) is 43.5 Å². The second kappa shape index (κ2) is 6.36. The number of nitrogens with zero attached hydrogens (tertiary/aromatic N) is 1. The topological polar surface area (TPSA) is 63.7 Å². The first-order valence-electron chi connectivity index (χ1n) is 7.93. The molecule has 1 heterocycles. The molecule has 1 aromatic carbocycles. The van der Waals surface area contributed by atoms with E-state index in [-0.39, 0.29) is 23.7 Å². The number of imide groups is 1. The predicted molar refractivity (Wildman–Crippen MR) is 84.9 cm³/mol. The minimum atomic E-state index is -0.393. The summed E-state index contributed by atoms with van der Waals surface area (Å²) in [7, 11) is 0. The maximum absolute atomic E-state index is 12.5. The minimum Gasteiger partial charge on any atom is -0.462 e. The van der Waals surface area contributed by atoms with Gasteiger partial charge in [0, 0.05) is 0 Å². The van der Waals surface area contributed by atoms with Gasteiger partial charge < -0.3 is 4.74 Å². The van der Waals surface area contributed by atoms with Gasteiger partial charge in [-0.15, -0.1) is 0 Å². The summed E-state index contributed by atoms with van der Waals surface area (Å²) in [5.41, 5.74) is 0.932. The van der Waals surface area contributed by atoms with Gasteiger partial charge in [0.1, 0.15) is 0 Å². The number of esters is 1. The third kappa shape index (κ3) is 2.79. The van der Waals surface area contributed by atoms with E-state index < -0.39 is 5.97 Å². The SMILES string of the molecule is CCCOC(=O)c1ccc(N2C(=O)[C@H]3CC=CC[C@H]3C2=O)cc1. The molecule has 5 nitrogen and oxygen atoms in total. The van der Waals surface area contributed by atoms with Crippen LogP contribution >= 0.6 is 0 Å². The van der Waals surface area contributed by atoms with Crippen LogP contribution in [0.1, 0.15) is 36.5 Å². The van der Waals surface area contributed by atoms with Gasteiger partial charge in [-0.2, -0.15) is 0 Å². The maximum Gasteiger partial charge on any atom is 0.338 e. The normalized spacial score (nSPS) is 23.1. The lowest BCUT2D eigenvalue weighted by Crippen LogP contribution is -2.30. The van der Waals surface area contributed by atoms with Crippen LogP contribution in [0.5, 0.6) is 0 Å². The lowest BCUT2D eigenvalue weighted by molar-refractivity contribution is -0.122. The van der Waals surface area contributed by atoms with Gasteiger partial charge in [0.2, 0.25) is 11.8 Å². The summed E-state index contributed by atoms with van der Waals surface area (Å²) < 4.78 is 5.07. The Bertz CT molecular complexity index is 636. The number of anilines is 1. The largest absolute Gasteiger partial charge is 0.462 e. The summed E-state index contributed by atoms with van der Waals surface area (Å²) in [6, 6.07) is 6.44. The van der Waals surface area contributed by atoms with Crippen LogP contribution in [0.25, 0.3) is 0 Å². The summed E-state index contributed by atoms with van der Waals surface area (Å²) >= 11 is 0. The molecule has 3 rings (SSSR count). The molecule has 0 unspecified atom stereocenters. The van der Waals surface area contributed by atoms with Crippen molar-refractivity contribution in [1.82, 2.24) is 0 Å². The molecule has 0 aromatic heterocycles. The first-order chi connectivity index (χ1) is 11.1. The second-order valence-corrected chi connectivity index (χ2v) is 5.85. The average molecular weight is 313 g/mol. The van der Waals surface area contributed by atoms with Crippen LogP contribution < -0.4 is 4.90 Å². The summed E-state index contributed by atoms with van der Waals surface area (Å²) in [4.78, 5) is 38.0. The van der Waals surface area contributed by atoms with Crippen molar-refractivity contribution in [3.8, 4) is 0 Å². The molecule has 2 aliphatic rings. The Labute approximate surface area is 134 Å². The third-order valence-corrected chi connectivity index (χ3v) is 4.31. The number of carbonyl (C=O) groups is 3. The van der Waals surface area contributed by atoms with E-state index in [1.165, 1.54) is 4.90 Å². The van der Waals surface area contributed by atoms with Crippen LogP contribution in [0.2, 0.25) is 0 Å². The zero-order chi connectivity index (χ0) is 16.4. The van der Waals surface area contributed by atoms with Crippen LogP contribution in [0.15, 0.2) is 36.4 Å². The first-order valence-corrected chi connectivity index (χ1v) is 7.93. The maximum atomic E-state index is 12.5. The van der Waals surface area contributed by atoms with E-state index in [0.717, 1.165) is 6.42 Å². The molecule has 0 spiro atoms. The molecule has 0 N–H and O–H groups in total. The van der Waals surface area contributed by atoms with Crippen molar-refractivity contribution < 1.29 is 19.1 Å². The van der Waals surface area contributed by atoms with Gasteiger partial charge >= 0.3 is 5.97 Å². The van der Waals surface area contributed by atoms with Gasteiger partial charge in [0.15, 0.2) is 0 Å². The lowest BCUT2D eigenvalue weighted by atomic mass is 9.85. The fraction of sp³-hybridized carbons (Fsp3) is 0.389. The molecule has 120 valence electrons. The van der Waals surface area contributed by atoms with Crippen molar-refractivity contribution in [2.45, 2.75) is 26.2 Å². The van der Waals surface area contributed by atoms with Gasteiger partial charge in [-0.1, -0.05) is 19.1 Å². The molecular formula is C18H19NO4. The Hall–Kier alpha value is -2.43. The van der Waals surface area contributed by atoms with Gasteiger partial charge in [-0.3, -0.25) is 14.5 Å². The van der Waals surface area contributed by atoms with Crippen molar-refractivity contribution in [1.29, 1.82) is 0 Å². The number of benzene rings is 1. The van der Waals surface area contributed by atoms with Crippen molar-refractivity contribution in [3.05, 3.63) is 42.0 Å². The minimum absolute atomic E-state index is 0.148. The lowest BCUT2D eigenvalue weighted by Gasteiger charge is -2.15. The quantitative estimate of drug-likeness (QED) is 0.487. The molecule has 0 radical (unpaired) electrons. The Kier molecular flexibility index (Phi) is 4.28. The predicted octanol–water partition coefficient (Wildman–Crippen LogP) is 2.71. The van der Waals surface area contributed by atoms with Crippen molar-refractivity contribution in [2.75, 3.05) is 11.5 Å². The van der Waals surface area contributed by atoms with Crippen molar-refractivity contribution in [3.63, 3.8) is 0 Å². The number of fused-ring (bicyclic) bond motifs is 1. The smallest absolute Gasteiger partial charge is 0.338 e. The second-order valence-electron chi connectivity index (χ2n) is 5.85. The average Bonchev–Trinajstić information content (AvgIpc) is 2.84. The number of rotatable bonds is 4.